The summed E-state index contributed by atoms with van der Waals surface area (Å²) in [5.41, 5.74) is 1.48. The summed E-state index contributed by atoms with van der Waals surface area (Å²) in [7, 11) is -2.19. The number of rotatable bonds is 11. The quantitative estimate of drug-likeness (QED) is 0.565. The van der Waals surface area contributed by atoms with Crippen LogP contribution in [0.3, 0.4) is 0 Å². The van der Waals surface area contributed by atoms with Crippen LogP contribution in [0.25, 0.3) is 0 Å². The molecule has 0 aliphatic rings. The molecule has 0 radical (unpaired) electrons. The second kappa shape index (κ2) is 10.7. The fourth-order valence-electron chi connectivity index (χ4n) is 2.84. The van der Waals surface area contributed by atoms with E-state index in [1.165, 1.54) is 7.11 Å². The zero-order valence-electron chi connectivity index (χ0n) is 17.1. The third-order valence-corrected chi connectivity index (χ3v) is 5.37. The van der Waals surface area contributed by atoms with E-state index in [4.69, 9.17) is 9.47 Å². The molecule has 2 rings (SSSR count). The Morgan fingerprint density at radius 1 is 1.10 bits per heavy atom. The summed E-state index contributed by atoms with van der Waals surface area (Å²) in [6.07, 6.45) is 2.61. The van der Waals surface area contributed by atoms with Crippen molar-refractivity contribution in [1.29, 1.82) is 0 Å². The van der Waals surface area contributed by atoms with Crippen LogP contribution in [-0.2, 0) is 21.2 Å². The highest BCUT2D eigenvalue weighted by molar-refractivity contribution is 7.92. The molecule has 8 heteroatoms. The van der Waals surface area contributed by atoms with Crippen molar-refractivity contribution >= 4 is 21.6 Å². The van der Waals surface area contributed by atoms with Crippen LogP contribution >= 0.6 is 0 Å². The van der Waals surface area contributed by atoms with Crippen molar-refractivity contribution in [3.8, 4) is 11.5 Å². The van der Waals surface area contributed by atoms with Gasteiger partial charge in [0.25, 0.3) is 0 Å². The van der Waals surface area contributed by atoms with Crippen molar-refractivity contribution in [1.82, 2.24) is 5.32 Å². The summed E-state index contributed by atoms with van der Waals surface area (Å²) in [5, 5.41) is 2.78. The van der Waals surface area contributed by atoms with E-state index in [2.05, 4.69) is 5.32 Å². The van der Waals surface area contributed by atoms with E-state index in [0.29, 0.717) is 24.6 Å². The van der Waals surface area contributed by atoms with Gasteiger partial charge in [0.05, 0.1) is 25.7 Å². The first-order chi connectivity index (χ1) is 13.8. The number of nitrogens with one attached hydrogen (secondary N) is 1. The predicted octanol–water partition coefficient (Wildman–Crippen LogP) is 2.61. The zero-order chi connectivity index (χ0) is 21.3. The van der Waals surface area contributed by atoms with E-state index < -0.39 is 10.0 Å². The minimum atomic E-state index is -3.65. The van der Waals surface area contributed by atoms with E-state index >= 15 is 0 Å². The number of sulfonamides is 1. The van der Waals surface area contributed by atoms with Gasteiger partial charge in [0, 0.05) is 6.54 Å². The first-order valence-corrected chi connectivity index (χ1v) is 11.3. The molecule has 158 valence electrons. The van der Waals surface area contributed by atoms with Crippen LogP contribution in [0.1, 0.15) is 18.9 Å². The van der Waals surface area contributed by atoms with E-state index in [1.54, 1.807) is 24.3 Å². The predicted molar refractivity (Wildman–Crippen MR) is 114 cm³/mol. The average Bonchev–Trinajstić information content (AvgIpc) is 2.70. The molecule has 0 atom stereocenters. The largest absolute Gasteiger partial charge is 0.495 e. The standard InChI is InChI=1S/C21H28N2O5S/c1-4-28-18-13-11-17(12-14-18)8-7-15-22-21(24)16-23(29(3,25)26)19-9-5-6-10-20(19)27-2/h5-6,9-14H,4,7-8,15-16H2,1-3H3,(H,22,24). The van der Waals surface area contributed by atoms with Crippen molar-refractivity contribution < 1.29 is 22.7 Å². The number of para-hydroxylation sites is 2. The second-order valence-corrected chi connectivity index (χ2v) is 8.38. The fourth-order valence-corrected chi connectivity index (χ4v) is 3.70. The van der Waals surface area contributed by atoms with Crippen LogP contribution in [-0.4, -0.2) is 47.4 Å². The van der Waals surface area contributed by atoms with Gasteiger partial charge in [-0.05, 0) is 49.6 Å². The summed E-state index contributed by atoms with van der Waals surface area (Å²) in [6.45, 7) is 2.72. The number of ether oxygens (including phenoxy) is 2. The van der Waals surface area contributed by atoms with Crippen LogP contribution in [0, 0.1) is 0 Å². The Morgan fingerprint density at radius 3 is 2.41 bits per heavy atom. The third kappa shape index (κ3) is 6.98. The maximum atomic E-state index is 12.3. The molecule has 7 nitrogen and oxygen atoms in total. The Hall–Kier alpha value is -2.74. The molecule has 0 fully saturated rings. The molecule has 2 aromatic carbocycles. The minimum absolute atomic E-state index is 0.303. The fraction of sp³-hybridized carbons (Fsp3) is 0.381. The first-order valence-electron chi connectivity index (χ1n) is 9.44. The van der Waals surface area contributed by atoms with Crippen molar-refractivity contribution in [2.75, 3.05) is 37.4 Å². The Labute approximate surface area is 172 Å². The number of amides is 1. The van der Waals surface area contributed by atoms with Gasteiger partial charge in [-0.2, -0.15) is 0 Å². The molecule has 0 saturated carbocycles. The highest BCUT2D eigenvalue weighted by atomic mass is 32.2. The first kappa shape index (κ1) is 22.5. The molecule has 1 amide bonds. The minimum Gasteiger partial charge on any atom is -0.495 e. The van der Waals surface area contributed by atoms with Crippen molar-refractivity contribution in [2.45, 2.75) is 19.8 Å². The van der Waals surface area contributed by atoms with Crippen molar-refractivity contribution in [3.63, 3.8) is 0 Å². The summed E-state index contributed by atoms with van der Waals surface area (Å²) >= 11 is 0. The Morgan fingerprint density at radius 2 is 1.79 bits per heavy atom. The lowest BCUT2D eigenvalue weighted by Crippen LogP contribution is -2.40. The smallest absolute Gasteiger partial charge is 0.240 e. The van der Waals surface area contributed by atoms with E-state index in [1.807, 2.05) is 31.2 Å². The van der Waals surface area contributed by atoms with E-state index in [0.717, 1.165) is 34.7 Å². The maximum Gasteiger partial charge on any atom is 0.240 e. The average molecular weight is 421 g/mol. The highest BCUT2D eigenvalue weighted by Crippen LogP contribution is 2.29. The highest BCUT2D eigenvalue weighted by Gasteiger charge is 2.23. The van der Waals surface area contributed by atoms with E-state index in [9.17, 15) is 13.2 Å². The Balaban J connectivity index is 1.89. The maximum absolute atomic E-state index is 12.3. The van der Waals surface area contributed by atoms with Gasteiger partial charge in [-0.3, -0.25) is 9.10 Å². The lowest BCUT2D eigenvalue weighted by atomic mass is 10.1. The SMILES string of the molecule is CCOc1ccc(CCCNC(=O)CN(c2ccccc2OC)S(C)(=O)=O)cc1. The number of aryl methyl sites for hydroxylation is 1. The molecule has 0 bridgehead atoms. The molecule has 0 spiro atoms. The number of methoxy groups -OCH3 is 1. The normalized spacial score (nSPS) is 11.0. The summed E-state index contributed by atoms with van der Waals surface area (Å²) in [5.74, 6) is 0.857. The van der Waals surface area contributed by atoms with Gasteiger partial charge in [-0.1, -0.05) is 24.3 Å². The van der Waals surface area contributed by atoms with Gasteiger partial charge in [-0.15, -0.1) is 0 Å². The van der Waals surface area contributed by atoms with Crippen LogP contribution in [0.2, 0.25) is 0 Å². The lowest BCUT2D eigenvalue weighted by molar-refractivity contribution is -0.119. The number of hydrogen-bond donors (Lipinski definition) is 1. The van der Waals surface area contributed by atoms with Crippen LogP contribution in [0.5, 0.6) is 11.5 Å². The van der Waals surface area contributed by atoms with Gasteiger partial charge in [-0.25, -0.2) is 8.42 Å². The van der Waals surface area contributed by atoms with Crippen LogP contribution < -0.4 is 19.1 Å². The number of carbonyl (C=O) groups is 1. The molecular formula is C21H28N2O5S. The van der Waals surface area contributed by atoms with Crippen LogP contribution in [0.4, 0.5) is 5.69 Å². The number of benzene rings is 2. The molecular weight excluding hydrogens is 392 g/mol. The van der Waals surface area contributed by atoms with Gasteiger partial charge < -0.3 is 14.8 Å². The van der Waals surface area contributed by atoms with Crippen molar-refractivity contribution in [3.05, 3.63) is 54.1 Å². The molecule has 0 saturated heterocycles. The van der Waals surface area contributed by atoms with E-state index in [-0.39, 0.29) is 12.5 Å². The summed E-state index contributed by atoms with van der Waals surface area (Å²) in [4.78, 5) is 12.3. The number of nitrogens with zero attached hydrogens (tertiary/aromatic N) is 1. The van der Waals surface area contributed by atoms with Gasteiger partial charge >= 0.3 is 0 Å². The molecule has 0 aliphatic carbocycles. The summed E-state index contributed by atoms with van der Waals surface area (Å²) in [6, 6.07) is 14.6. The lowest BCUT2D eigenvalue weighted by Gasteiger charge is -2.23. The number of carbonyl (C=O) groups excluding carboxylic acids is 1. The Kier molecular flexibility index (Phi) is 8.33. The van der Waals surface area contributed by atoms with Gasteiger partial charge in [0.2, 0.25) is 15.9 Å². The molecule has 0 aromatic heterocycles. The third-order valence-electron chi connectivity index (χ3n) is 4.24. The molecule has 2 aromatic rings. The van der Waals surface area contributed by atoms with Crippen LogP contribution in [0.15, 0.2) is 48.5 Å². The second-order valence-electron chi connectivity index (χ2n) is 6.47. The monoisotopic (exact) mass is 420 g/mol. The molecule has 0 unspecified atom stereocenters. The number of anilines is 1. The molecule has 0 heterocycles. The van der Waals surface area contributed by atoms with Crippen molar-refractivity contribution in [2.24, 2.45) is 0 Å². The van der Waals surface area contributed by atoms with Gasteiger partial charge in [0.1, 0.15) is 18.0 Å². The molecule has 1 N–H and O–H groups in total. The zero-order valence-corrected chi connectivity index (χ0v) is 17.9. The Bertz CT molecular complexity index is 898. The summed E-state index contributed by atoms with van der Waals surface area (Å²) < 4.78 is 36.1. The molecule has 0 aliphatic heterocycles. The molecule has 29 heavy (non-hydrogen) atoms. The van der Waals surface area contributed by atoms with Gasteiger partial charge in [0.15, 0.2) is 0 Å². The topological polar surface area (TPSA) is 84.9 Å². The number of hydrogen-bond acceptors (Lipinski definition) is 5.